The van der Waals surface area contributed by atoms with E-state index in [4.69, 9.17) is 15.5 Å². The molecule has 0 aromatic carbocycles. The monoisotopic (exact) mass is 311 g/mol. The normalized spacial score (nSPS) is 17.6. The minimum Gasteiger partial charge on any atom is -0.444 e. The van der Waals surface area contributed by atoms with Gasteiger partial charge in [-0.25, -0.2) is 9.79 Å². The maximum atomic E-state index is 12.0. The standard InChI is InChI=1S/C16H29N3O3/c1-11(2)12(3)18-14(22-17)13-7-9-19(10-8-13)15(20)21-16(4,5)6/h11,13H,3,7-10,17H2,1-2,4-6H3. The molecule has 0 unspecified atom stereocenters. The molecule has 1 aliphatic rings. The topological polar surface area (TPSA) is 77.2 Å². The quantitative estimate of drug-likeness (QED) is 0.493. The summed E-state index contributed by atoms with van der Waals surface area (Å²) in [7, 11) is 0. The number of carbonyl (C=O) groups excluding carboxylic acids is 1. The highest BCUT2D eigenvalue weighted by Gasteiger charge is 2.29. The van der Waals surface area contributed by atoms with Gasteiger partial charge in [-0.3, -0.25) is 0 Å². The van der Waals surface area contributed by atoms with Gasteiger partial charge in [-0.1, -0.05) is 20.4 Å². The van der Waals surface area contributed by atoms with Crippen LogP contribution in [0.2, 0.25) is 0 Å². The zero-order chi connectivity index (χ0) is 16.9. The molecule has 1 rings (SSSR count). The molecular weight excluding hydrogens is 282 g/mol. The Labute approximate surface area is 133 Å². The van der Waals surface area contributed by atoms with Crippen LogP contribution < -0.4 is 5.90 Å². The zero-order valence-electron chi connectivity index (χ0n) is 14.4. The third-order valence-electron chi connectivity index (χ3n) is 3.54. The first-order chi connectivity index (χ1) is 10.1. The number of hydrogen-bond donors (Lipinski definition) is 1. The average Bonchev–Trinajstić information content (AvgIpc) is 2.42. The third kappa shape index (κ3) is 5.67. The second kappa shape index (κ2) is 7.63. The van der Waals surface area contributed by atoms with E-state index in [1.165, 1.54) is 0 Å². The van der Waals surface area contributed by atoms with E-state index >= 15 is 0 Å². The first kappa shape index (κ1) is 18.5. The highest BCUT2D eigenvalue weighted by molar-refractivity contribution is 5.80. The number of nitrogens with two attached hydrogens (primary N) is 1. The van der Waals surface area contributed by atoms with E-state index in [-0.39, 0.29) is 17.9 Å². The van der Waals surface area contributed by atoms with E-state index in [1.807, 2.05) is 34.6 Å². The van der Waals surface area contributed by atoms with Gasteiger partial charge in [0.1, 0.15) is 5.60 Å². The largest absolute Gasteiger partial charge is 0.444 e. The van der Waals surface area contributed by atoms with E-state index in [2.05, 4.69) is 11.6 Å². The Morgan fingerprint density at radius 3 is 2.27 bits per heavy atom. The zero-order valence-corrected chi connectivity index (χ0v) is 14.4. The highest BCUT2D eigenvalue weighted by Crippen LogP contribution is 2.22. The van der Waals surface area contributed by atoms with Crippen molar-refractivity contribution in [1.29, 1.82) is 0 Å². The van der Waals surface area contributed by atoms with E-state index in [0.29, 0.717) is 19.0 Å². The number of likely N-dealkylation sites (tertiary alicyclic amines) is 1. The summed E-state index contributed by atoms with van der Waals surface area (Å²) in [6.07, 6.45) is 1.23. The highest BCUT2D eigenvalue weighted by atomic mass is 16.6. The summed E-state index contributed by atoms with van der Waals surface area (Å²) in [5, 5.41) is 0. The fourth-order valence-corrected chi connectivity index (χ4v) is 2.12. The summed E-state index contributed by atoms with van der Waals surface area (Å²) in [5.41, 5.74) is 0.269. The lowest BCUT2D eigenvalue weighted by Crippen LogP contribution is -2.43. The van der Waals surface area contributed by atoms with Crippen molar-refractivity contribution in [2.75, 3.05) is 13.1 Å². The summed E-state index contributed by atoms with van der Waals surface area (Å²) < 4.78 is 5.38. The van der Waals surface area contributed by atoms with Crippen molar-refractivity contribution >= 4 is 12.0 Å². The van der Waals surface area contributed by atoms with Crippen LogP contribution in [0.25, 0.3) is 0 Å². The van der Waals surface area contributed by atoms with Gasteiger partial charge in [0.15, 0.2) is 0 Å². The molecule has 6 nitrogen and oxygen atoms in total. The summed E-state index contributed by atoms with van der Waals surface area (Å²) >= 11 is 0. The van der Waals surface area contributed by atoms with Gasteiger partial charge < -0.3 is 14.5 Å². The molecule has 22 heavy (non-hydrogen) atoms. The molecule has 0 aromatic heterocycles. The number of amides is 1. The predicted octanol–water partition coefficient (Wildman–Crippen LogP) is 3.09. The lowest BCUT2D eigenvalue weighted by atomic mass is 9.96. The third-order valence-corrected chi connectivity index (χ3v) is 3.54. The molecule has 0 aliphatic carbocycles. The van der Waals surface area contributed by atoms with Crippen LogP contribution in [0.4, 0.5) is 4.79 Å². The smallest absolute Gasteiger partial charge is 0.410 e. The van der Waals surface area contributed by atoms with Crippen LogP contribution in [0.1, 0.15) is 47.5 Å². The second-order valence-corrected chi connectivity index (χ2v) is 6.96. The van der Waals surface area contributed by atoms with Crippen molar-refractivity contribution < 1.29 is 14.4 Å². The van der Waals surface area contributed by atoms with Crippen molar-refractivity contribution in [1.82, 2.24) is 4.90 Å². The number of nitrogens with zero attached hydrogens (tertiary/aromatic N) is 2. The van der Waals surface area contributed by atoms with Crippen molar-refractivity contribution in [3.63, 3.8) is 0 Å². The van der Waals surface area contributed by atoms with Gasteiger partial charge in [0.25, 0.3) is 0 Å². The minimum atomic E-state index is -0.476. The van der Waals surface area contributed by atoms with Crippen molar-refractivity contribution in [3.8, 4) is 0 Å². The Hall–Kier alpha value is -1.56. The van der Waals surface area contributed by atoms with Gasteiger partial charge in [-0.2, -0.15) is 5.90 Å². The van der Waals surface area contributed by atoms with Gasteiger partial charge >= 0.3 is 6.09 Å². The molecule has 0 aromatic rings. The van der Waals surface area contributed by atoms with Crippen LogP contribution >= 0.6 is 0 Å². The molecule has 1 fully saturated rings. The SMILES string of the molecule is C=C(N=C(ON)C1CCN(C(=O)OC(C)(C)C)CC1)C(C)C. The van der Waals surface area contributed by atoms with Gasteiger partial charge in [-0.15, -0.1) is 0 Å². The molecule has 1 aliphatic heterocycles. The summed E-state index contributed by atoms with van der Waals surface area (Å²) in [4.78, 5) is 23.1. The fourth-order valence-electron chi connectivity index (χ4n) is 2.12. The lowest BCUT2D eigenvalue weighted by molar-refractivity contribution is 0.0195. The van der Waals surface area contributed by atoms with Crippen LogP contribution in [-0.4, -0.2) is 35.6 Å². The Balaban J connectivity index is 2.60. The van der Waals surface area contributed by atoms with E-state index in [9.17, 15) is 4.79 Å². The number of carbonyl (C=O) groups is 1. The molecule has 126 valence electrons. The molecule has 1 heterocycles. The molecule has 1 amide bonds. The Morgan fingerprint density at radius 1 is 1.32 bits per heavy atom. The van der Waals surface area contributed by atoms with Gasteiger partial charge in [0.05, 0.1) is 0 Å². The molecule has 0 spiro atoms. The summed E-state index contributed by atoms with van der Waals surface area (Å²) in [6, 6.07) is 0. The Morgan fingerprint density at radius 2 is 1.86 bits per heavy atom. The van der Waals surface area contributed by atoms with E-state index in [0.717, 1.165) is 18.5 Å². The van der Waals surface area contributed by atoms with Crippen LogP contribution in [0.15, 0.2) is 17.3 Å². The molecular formula is C16H29N3O3. The summed E-state index contributed by atoms with van der Waals surface area (Å²) in [6.45, 7) is 14.8. The number of ether oxygens (including phenoxy) is 1. The maximum absolute atomic E-state index is 12.0. The number of hydrogen-bond acceptors (Lipinski definition) is 5. The Kier molecular flexibility index (Phi) is 6.41. The van der Waals surface area contributed by atoms with Gasteiger partial charge in [0.2, 0.25) is 5.90 Å². The molecule has 0 radical (unpaired) electrons. The number of piperidine rings is 1. The minimum absolute atomic E-state index is 0.110. The average molecular weight is 311 g/mol. The summed E-state index contributed by atoms with van der Waals surface area (Å²) in [5.74, 6) is 6.21. The van der Waals surface area contributed by atoms with Gasteiger partial charge in [-0.05, 0) is 39.5 Å². The number of allylic oxidation sites excluding steroid dienone is 1. The molecule has 2 N–H and O–H groups in total. The van der Waals surface area contributed by atoms with Crippen molar-refractivity contribution in [2.24, 2.45) is 22.7 Å². The molecule has 1 saturated heterocycles. The molecule has 6 heteroatoms. The number of rotatable bonds is 3. The lowest BCUT2D eigenvalue weighted by Gasteiger charge is -2.33. The molecule has 0 saturated carbocycles. The maximum Gasteiger partial charge on any atom is 0.410 e. The fraction of sp³-hybridized carbons (Fsp3) is 0.750. The molecule has 0 atom stereocenters. The molecule has 0 bridgehead atoms. The Bertz CT molecular complexity index is 430. The predicted molar refractivity (Wildman–Crippen MR) is 87.2 cm³/mol. The van der Waals surface area contributed by atoms with Crippen molar-refractivity contribution in [2.45, 2.75) is 53.1 Å². The van der Waals surface area contributed by atoms with Crippen LogP contribution in [0, 0.1) is 11.8 Å². The number of aliphatic imine (C=N–C) groups is 1. The van der Waals surface area contributed by atoms with Crippen LogP contribution in [-0.2, 0) is 9.57 Å². The van der Waals surface area contributed by atoms with Crippen LogP contribution in [0.3, 0.4) is 0 Å². The second-order valence-electron chi connectivity index (χ2n) is 6.96. The van der Waals surface area contributed by atoms with Crippen LogP contribution in [0.5, 0.6) is 0 Å². The van der Waals surface area contributed by atoms with E-state index in [1.54, 1.807) is 4.90 Å². The first-order valence-electron chi connectivity index (χ1n) is 7.76. The van der Waals surface area contributed by atoms with Gasteiger partial charge in [0, 0.05) is 24.7 Å². The van der Waals surface area contributed by atoms with E-state index < -0.39 is 5.60 Å². The first-order valence-corrected chi connectivity index (χ1v) is 7.76. The van der Waals surface area contributed by atoms with Crippen molar-refractivity contribution in [3.05, 3.63) is 12.3 Å².